The topological polar surface area (TPSA) is 61.4 Å². The first-order chi connectivity index (χ1) is 14.1. The number of aromatic nitrogens is 2. The van der Waals surface area contributed by atoms with E-state index in [-0.39, 0.29) is 5.91 Å². The third kappa shape index (κ3) is 5.98. The Morgan fingerprint density at radius 2 is 2.00 bits per heavy atom. The number of amides is 1. The van der Waals surface area contributed by atoms with Crippen molar-refractivity contribution in [1.29, 1.82) is 0 Å². The van der Waals surface area contributed by atoms with Crippen molar-refractivity contribution in [3.8, 4) is 0 Å². The summed E-state index contributed by atoms with van der Waals surface area (Å²) < 4.78 is 0. The molecule has 6 nitrogen and oxygen atoms in total. The molecule has 0 atom stereocenters. The van der Waals surface area contributed by atoms with Crippen LogP contribution in [0.15, 0.2) is 41.1 Å². The molecular formula is C22H29N5OS. The second-order valence-electron chi connectivity index (χ2n) is 7.24. The molecule has 3 rings (SSSR count). The van der Waals surface area contributed by atoms with Gasteiger partial charge in [-0.25, -0.2) is 9.97 Å². The Kier molecular flexibility index (Phi) is 7.55. The summed E-state index contributed by atoms with van der Waals surface area (Å²) in [6.45, 7) is 5.48. The van der Waals surface area contributed by atoms with Crippen molar-refractivity contribution < 1.29 is 4.79 Å². The Morgan fingerprint density at radius 1 is 1.17 bits per heavy atom. The fourth-order valence-electron chi connectivity index (χ4n) is 3.05. The van der Waals surface area contributed by atoms with Crippen LogP contribution >= 0.6 is 11.3 Å². The van der Waals surface area contributed by atoms with Crippen LogP contribution in [0.5, 0.6) is 0 Å². The van der Waals surface area contributed by atoms with Crippen LogP contribution in [-0.2, 0) is 17.8 Å². The van der Waals surface area contributed by atoms with E-state index in [2.05, 4.69) is 29.2 Å². The summed E-state index contributed by atoms with van der Waals surface area (Å²) >= 11 is 1.61. The first-order valence-electron chi connectivity index (χ1n) is 10.00. The molecule has 2 heterocycles. The molecule has 0 fully saturated rings. The highest BCUT2D eigenvalue weighted by molar-refractivity contribution is 7.08. The first kappa shape index (κ1) is 21.2. The van der Waals surface area contributed by atoms with Crippen LogP contribution in [0.1, 0.15) is 24.7 Å². The molecule has 0 radical (unpaired) electrons. The number of rotatable bonds is 10. The van der Waals surface area contributed by atoms with Gasteiger partial charge in [0.1, 0.15) is 5.82 Å². The Morgan fingerprint density at radius 3 is 2.76 bits per heavy atom. The van der Waals surface area contributed by atoms with Gasteiger partial charge in [0.25, 0.3) is 0 Å². The van der Waals surface area contributed by atoms with E-state index >= 15 is 0 Å². The zero-order valence-corrected chi connectivity index (χ0v) is 18.2. The Hall–Kier alpha value is -2.51. The predicted octanol–water partition coefficient (Wildman–Crippen LogP) is 3.65. The summed E-state index contributed by atoms with van der Waals surface area (Å²) in [6, 6.07) is 9.98. The zero-order valence-electron chi connectivity index (χ0n) is 17.4. The van der Waals surface area contributed by atoms with Gasteiger partial charge in [-0.1, -0.05) is 19.1 Å². The van der Waals surface area contributed by atoms with Gasteiger partial charge in [-0.2, -0.15) is 11.3 Å². The number of nitrogens with one attached hydrogen (secondary N) is 1. The van der Waals surface area contributed by atoms with Gasteiger partial charge in [-0.05, 0) is 61.1 Å². The second kappa shape index (κ2) is 10.3. The Labute approximate surface area is 176 Å². The van der Waals surface area contributed by atoms with Crippen LogP contribution in [0.4, 0.5) is 5.82 Å². The number of carbonyl (C=O) groups excluding carboxylic acids is 1. The minimum atomic E-state index is 0.0669. The highest BCUT2D eigenvalue weighted by Gasteiger charge is 2.14. The van der Waals surface area contributed by atoms with E-state index in [4.69, 9.17) is 4.98 Å². The Balaban J connectivity index is 1.69. The predicted molar refractivity (Wildman–Crippen MR) is 120 cm³/mol. The summed E-state index contributed by atoms with van der Waals surface area (Å²) in [6.07, 6.45) is 1.45. The quantitative estimate of drug-likeness (QED) is 0.516. The third-order valence-corrected chi connectivity index (χ3v) is 5.67. The van der Waals surface area contributed by atoms with Gasteiger partial charge in [0.05, 0.1) is 18.5 Å². The van der Waals surface area contributed by atoms with E-state index < -0.39 is 0 Å². The van der Waals surface area contributed by atoms with Gasteiger partial charge in [0.2, 0.25) is 5.91 Å². The smallest absolute Gasteiger partial charge is 0.227 e. The summed E-state index contributed by atoms with van der Waals surface area (Å²) in [5.41, 5.74) is 1.94. The molecule has 0 spiro atoms. The molecule has 3 aromatic rings. The second-order valence-corrected chi connectivity index (χ2v) is 8.02. The molecule has 0 bridgehead atoms. The molecule has 1 amide bonds. The lowest BCUT2D eigenvalue weighted by Crippen LogP contribution is -2.28. The lowest BCUT2D eigenvalue weighted by molar-refractivity contribution is -0.129. The number of anilines is 1. The van der Waals surface area contributed by atoms with Gasteiger partial charge in [0, 0.05) is 19.0 Å². The number of benzene rings is 1. The van der Waals surface area contributed by atoms with E-state index in [0.717, 1.165) is 48.3 Å². The van der Waals surface area contributed by atoms with Crippen molar-refractivity contribution >= 4 is 34.0 Å². The molecule has 0 unspecified atom stereocenters. The molecule has 0 aliphatic carbocycles. The van der Waals surface area contributed by atoms with Gasteiger partial charge in [0.15, 0.2) is 5.82 Å². The highest BCUT2D eigenvalue weighted by Crippen LogP contribution is 2.20. The standard InChI is InChI=1S/C22H29N5OS/c1-4-26(2)12-7-11-23-22-18-8-5-6-9-19(18)24-20(25-22)15-27(3)21(28)14-17-10-13-29-16-17/h5-6,8-10,13,16H,4,7,11-12,14-15H2,1-3H3,(H,23,24,25). The number of hydrogen-bond acceptors (Lipinski definition) is 6. The van der Waals surface area contributed by atoms with Crippen LogP contribution < -0.4 is 5.32 Å². The fourth-order valence-corrected chi connectivity index (χ4v) is 3.72. The largest absolute Gasteiger partial charge is 0.369 e. The van der Waals surface area contributed by atoms with Gasteiger partial charge in [-0.15, -0.1) is 0 Å². The molecule has 2 aromatic heterocycles. The summed E-state index contributed by atoms with van der Waals surface area (Å²) in [5, 5.41) is 8.47. The van der Waals surface area contributed by atoms with Crippen LogP contribution in [-0.4, -0.2) is 59.4 Å². The number of carbonyl (C=O) groups is 1. The molecule has 0 saturated heterocycles. The number of hydrogen-bond donors (Lipinski definition) is 1. The molecule has 154 valence electrons. The van der Waals surface area contributed by atoms with Crippen molar-refractivity contribution in [3.63, 3.8) is 0 Å². The maximum atomic E-state index is 12.5. The maximum Gasteiger partial charge on any atom is 0.227 e. The van der Waals surface area contributed by atoms with Gasteiger partial charge in [-0.3, -0.25) is 4.79 Å². The van der Waals surface area contributed by atoms with Crippen molar-refractivity contribution in [2.45, 2.75) is 26.3 Å². The van der Waals surface area contributed by atoms with Gasteiger partial charge < -0.3 is 15.1 Å². The van der Waals surface area contributed by atoms with Crippen LogP contribution in [0, 0.1) is 0 Å². The van der Waals surface area contributed by atoms with Crippen LogP contribution in [0.25, 0.3) is 10.9 Å². The zero-order chi connectivity index (χ0) is 20.6. The SMILES string of the molecule is CCN(C)CCCNc1nc(CN(C)C(=O)Cc2ccsc2)nc2ccccc12. The number of para-hydroxylation sites is 1. The average Bonchev–Trinajstić information content (AvgIpc) is 3.23. The number of likely N-dealkylation sites (N-methyl/N-ethyl adjacent to an activating group) is 1. The highest BCUT2D eigenvalue weighted by atomic mass is 32.1. The first-order valence-corrected chi connectivity index (χ1v) is 10.9. The van der Waals surface area contributed by atoms with E-state index in [1.54, 1.807) is 23.3 Å². The average molecular weight is 412 g/mol. The van der Waals surface area contributed by atoms with Crippen molar-refractivity contribution in [1.82, 2.24) is 19.8 Å². The number of fused-ring (bicyclic) bond motifs is 1. The van der Waals surface area contributed by atoms with Crippen LogP contribution in [0.3, 0.4) is 0 Å². The number of thiophene rings is 1. The Bertz CT molecular complexity index is 928. The van der Waals surface area contributed by atoms with E-state index in [1.165, 1.54) is 0 Å². The van der Waals surface area contributed by atoms with E-state index in [9.17, 15) is 4.79 Å². The van der Waals surface area contributed by atoms with Crippen LogP contribution in [0.2, 0.25) is 0 Å². The minimum Gasteiger partial charge on any atom is -0.369 e. The summed E-state index contributed by atoms with van der Waals surface area (Å²) in [7, 11) is 3.93. The number of nitrogens with zero attached hydrogens (tertiary/aromatic N) is 4. The summed E-state index contributed by atoms with van der Waals surface area (Å²) in [5.74, 6) is 1.55. The normalized spacial score (nSPS) is 11.2. The minimum absolute atomic E-state index is 0.0669. The molecule has 29 heavy (non-hydrogen) atoms. The lowest BCUT2D eigenvalue weighted by atomic mass is 10.2. The maximum absolute atomic E-state index is 12.5. The van der Waals surface area contributed by atoms with E-state index in [1.807, 2.05) is 41.1 Å². The lowest BCUT2D eigenvalue weighted by Gasteiger charge is -2.18. The third-order valence-electron chi connectivity index (χ3n) is 4.94. The van der Waals surface area contributed by atoms with Gasteiger partial charge >= 0.3 is 0 Å². The van der Waals surface area contributed by atoms with E-state index in [0.29, 0.717) is 18.8 Å². The van der Waals surface area contributed by atoms with Crippen molar-refractivity contribution in [2.24, 2.45) is 0 Å². The van der Waals surface area contributed by atoms with Crippen molar-refractivity contribution in [3.05, 3.63) is 52.5 Å². The molecule has 0 saturated carbocycles. The molecule has 7 heteroatoms. The molecule has 1 aromatic carbocycles. The molecular weight excluding hydrogens is 382 g/mol. The fraction of sp³-hybridized carbons (Fsp3) is 0.409. The summed E-state index contributed by atoms with van der Waals surface area (Å²) in [4.78, 5) is 25.9. The molecule has 1 N–H and O–H groups in total. The molecule has 0 aliphatic rings. The van der Waals surface area contributed by atoms with Crippen molar-refractivity contribution in [2.75, 3.05) is 39.0 Å². The molecule has 0 aliphatic heterocycles. The monoisotopic (exact) mass is 411 g/mol.